The lowest BCUT2D eigenvalue weighted by atomic mass is 10.2. The van der Waals surface area contributed by atoms with Crippen molar-refractivity contribution >= 4 is 10.0 Å². The Labute approximate surface area is 122 Å². The maximum Gasteiger partial charge on any atom is 0.246 e. The Hall–Kier alpha value is -0.850. The van der Waals surface area contributed by atoms with Gasteiger partial charge in [0.15, 0.2) is 0 Å². The summed E-state index contributed by atoms with van der Waals surface area (Å²) in [5.74, 6) is 1.13. The number of sulfonamides is 1. The van der Waals surface area contributed by atoms with Gasteiger partial charge in [0.2, 0.25) is 10.0 Å². The van der Waals surface area contributed by atoms with E-state index in [1.807, 2.05) is 0 Å². The molecule has 20 heavy (non-hydrogen) atoms. The average molecular weight is 302 g/mol. The van der Waals surface area contributed by atoms with Crippen molar-refractivity contribution < 1.29 is 12.8 Å². The van der Waals surface area contributed by atoms with Gasteiger partial charge in [-0.3, -0.25) is 0 Å². The van der Waals surface area contributed by atoms with Crippen LogP contribution in [0.15, 0.2) is 9.31 Å². The second kappa shape index (κ2) is 7.24. The molecule has 1 heterocycles. The summed E-state index contributed by atoms with van der Waals surface area (Å²) in [7, 11) is -0.0529. The first-order valence-corrected chi connectivity index (χ1v) is 8.50. The molecule has 1 rings (SSSR count). The van der Waals surface area contributed by atoms with E-state index in [4.69, 9.17) is 4.42 Å². The standard InChI is InChI=1S/C14H26N2O3S/c1-6-7-8-9-16(5)20(17,18)14-12(3)19-11(2)13(14)10-15-4/h15H,6-10H2,1-5H3. The molecular formula is C14H26N2O3S. The van der Waals surface area contributed by atoms with Gasteiger partial charge >= 0.3 is 0 Å². The van der Waals surface area contributed by atoms with E-state index in [1.165, 1.54) is 4.31 Å². The number of rotatable bonds is 8. The third-order valence-electron chi connectivity index (χ3n) is 3.42. The lowest BCUT2D eigenvalue weighted by molar-refractivity contribution is 0.449. The van der Waals surface area contributed by atoms with Gasteiger partial charge in [0.1, 0.15) is 16.4 Å². The Kier molecular flexibility index (Phi) is 6.23. The first kappa shape index (κ1) is 17.2. The molecule has 1 aromatic rings. The van der Waals surface area contributed by atoms with Crippen molar-refractivity contribution in [3.63, 3.8) is 0 Å². The zero-order valence-electron chi connectivity index (χ0n) is 13.1. The fourth-order valence-electron chi connectivity index (χ4n) is 2.29. The second-order valence-corrected chi connectivity index (χ2v) is 7.07. The molecule has 0 saturated carbocycles. The number of nitrogens with zero attached hydrogens (tertiary/aromatic N) is 1. The minimum absolute atomic E-state index is 0.323. The topological polar surface area (TPSA) is 62.6 Å². The largest absolute Gasteiger partial charge is 0.465 e. The quantitative estimate of drug-likeness (QED) is 0.749. The van der Waals surface area contributed by atoms with E-state index < -0.39 is 10.0 Å². The third-order valence-corrected chi connectivity index (χ3v) is 5.48. The monoisotopic (exact) mass is 302 g/mol. The summed E-state index contributed by atoms with van der Waals surface area (Å²) in [6.45, 7) is 6.64. The van der Waals surface area contributed by atoms with Crippen LogP contribution in [-0.4, -0.2) is 33.4 Å². The molecule has 0 aliphatic carbocycles. The van der Waals surface area contributed by atoms with Crippen LogP contribution < -0.4 is 5.32 Å². The molecule has 1 aromatic heterocycles. The Morgan fingerprint density at radius 3 is 2.40 bits per heavy atom. The molecule has 0 amide bonds. The van der Waals surface area contributed by atoms with Crippen molar-refractivity contribution in [3.05, 3.63) is 17.1 Å². The van der Waals surface area contributed by atoms with Crippen LogP contribution in [0.5, 0.6) is 0 Å². The van der Waals surface area contributed by atoms with Crippen molar-refractivity contribution in [1.29, 1.82) is 0 Å². The smallest absolute Gasteiger partial charge is 0.246 e. The van der Waals surface area contributed by atoms with Gasteiger partial charge in [0.05, 0.1) is 0 Å². The summed E-state index contributed by atoms with van der Waals surface area (Å²) >= 11 is 0. The molecule has 6 heteroatoms. The molecule has 0 aromatic carbocycles. The maximum atomic E-state index is 12.7. The molecule has 0 spiro atoms. The number of nitrogens with one attached hydrogen (secondary N) is 1. The minimum atomic E-state index is -3.48. The molecule has 0 unspecified atom stereocenters. The van der Waals surface area contributed by atoms with Gasteiger partial charge in [-0.25, -0.2) is 12.7 Å². The Morgan fingerprint density at radius 2 is 1.85 bits per heavy atom. The van der Waals surface area contributed by atoms with E-state index >= 15 is 0 Å². The average Bonchev–Trinajstić information content (AvgIpc) is 2.65. The summed E-state index contributed by atoms with van der Waals surface area (Å²) in [5.41, 5.74) is 0.729. The van der Waals surface area contributed by atoms with Gasteiger partial charge in [0.25, 0.3) is 0 Å². The van der Waals surface area contributed by atoms with Crippen LogP contribution >= 0.6 is 0 Å². The summed E-state index contributed by atoms with van der Waals surface area (Å²) in [6, 6.07) is 0. The first-order chi connectivity index (χ1) is 9.36. The van der Waals surface area contributed by atoms with Crippen LogP contribution in [0.25, 0.3) is 0 Å². The molecule has 0 fully saturated rings. The molecule has 0 bridgehead atoms. The third kappa shape index (κ3) is 3.62. The highest BCUT2D eigenvalue weighted by Gasteiger charge is 2.29. The fourth-order valence-corrected chi connectivity index (χ4v) is 3.90. The number of unbranched alkanes of at least 4 members (excludes halogenated alkanes) is 2. The number of aryl methyl sites for hydroxylation is 2. The number of hydrogen-bond acceptors (Lipinski definition) is 4. The molecule has 0 aliphatic rings. The van der Waals surface area contributed by atoms with Gasteiger partial charge in [0, 0.05) is 25.7 Å². The summed E-state index contributed by atoms with van der Waals surface area (Å²) in [5, 5.41) is 3.00. The van der Waals surface area contributed by atoms with Crippen LogP contribution in [0.2, 0.25) is 0 Å². The van der Waals surface area contributed by atoms with Crippen molar-refractivity contribution in [2.45, 2.75) is 51.5 Å². The summed E-state index contributed by atoms with van der Waals surface area (Å²) in [6.07, 6.45) is 2.98. The Bertz CT molecular complexity index is 535. The van der Waals surface area contributed by atoms with Crippen LogP contribution in [0, 0.1) is 13.8 Å². The predicted octanol–water partition coefficient (Wildman–Crippen LogP) is 2.43. The van der Waals surface area contributed by atoms with E-state index in [-0.39, 0.29) is 0 Å². The van der Waals surface area contributed by atoms with Gasteiger partial charge in [-0.1, -0.05) is 19.8 Å². The molecule has 116 valence electrons. The van der Waals surface area contributed by atoms with Crippen molar-refractivity contribution in [3.8, 4) is 0 Å². The van der Waals surface area contributed by atoms with E-state index in [9.17, 15) is 8.42 Å². The molecule has 1 N–H and O–H groups in total. The van der Waals surface area contributed by atoms with E-state index in [0.29, 0.717) is 29.5 Å². The predicted molar refractivity (Wildman–Crippen MR) is 80.3 cm³/mol. The SMILES string of the molecule is CCCCCN(C)S(=O)(=O)c1c(C)oc(C)c1CNC. The normalized spacial score (nSPS) is 12.3. The second-order valence-electron chi connectivity index (χ2n) is 5.09. The van der Waals surface area contributed by atoms with E-state index in [2.05, 4.69) is 12.2 Å². The molecule has 0 radical (unpaired) electrons. The minimum Gasteiger partial charge on any atom is -0.465 e. The van der Waals surface area contributed by atoms with Gasteiger partial charge in [-0.2, -0.15) is 0 Å². The number of hydrogen-bond donors (Lipinski definition) is 1. The van der Waals surface area contributed by atoms with Crippen LogP contribution in [0.3, 0.4) is 0 Å². The highest BCUT2D eigenvalue weighted by molar-refractivity contribution is 7.89. The maximum absolute atomic E-state index is 12.7. The lowest BCUT2D eigenvalue weighted by Gasteiger charge is -2.17. The highest BCUT2D eigenvalue weighted by atomic mass is 32.2. The molecule has 0 saturated heterocycles. The van der Waals surface area contributed by atoms with Gasteiger partial charge < -0.3 is 9.73 Å². The van der Waals surface area contributed by atoms with Crippen LogP contribution in [-0.2, 0) is 16.6 Å². The first-order valence-electron chi connectivity index (χ1n) is 7.06. The highest BCUT2D eigenvalue weighted by Crippen LogP contribution is 2.28. The van der Waals surface area contributed by atoms with Crippen molar-refractivity contribution in [2.24, 2.45) is 0 Å². The number of furan rings is 1. The molecule has 0 aliphatic heterocycles. The van der Waals surface area contributed by atoms with E-state index in [0.717, 1.165) is 24.8 Å². The molecule has 0 atom stereocenters. The zero-order chi connectivity index (χ0) is 15.3. The van der Waals surface area contributed by atoms with Crippen LogP contribution in [0.4, 0.5) is 0 Å². The Balaban J connectivity index is 3.08. The molecular weight excluding hydrogens is 276 g/mol. The van der Waals surface area contributed by atoms with Crippen LogP contribution in [0.1, 0.15) is 43.3 Å². The van der Waals surface area contributed by atoms with Crippen molar-refractivity contribution in [1.82, 2.24) is 9.62 Å². The van der Waals surface area contributed by atoms with Crippen molar-refractivity contribution in [2.75, 3.05) is 20.6 Å². The zero-order valence-corrected chi connectivity index (χ0v) is 13.9. The molecule has 5 nitrogen and oxygen atoms in total. The summed E-state index contributed by atoms with van der Waals surface area (Å²) < 4.78 is 32.3. The van der Waals surface area contributed by atoms with Gasteiger partial charge in [-0.15, -0.1) is 0 Å². The van der Waals surface area contributed by atoms with E-state index in [1.54, 1.807) is 27.9 Å². The fraction of sp³-hybridized carbons (Fsp3) is 0.714. The lowest BCUT2D eigenvalue weighted by Crippen LogP contribution is -2.29. The van der Waals surface area contributed by atoms with Gasteiger partial charge in [-0.05, 0) is 27.3 Å². The summed E-state index contributed by atoms with van der Waals surface area (Å²) in [4.78, 5) is 0.323. The Morgan fingerprint density at radius 1 is 1.20 bits per heavy atom.